The van der Waals surface area contributed by atoms with E-state index >= 15 is 0 Å². The largest absolute Gasteiger partial charge is 0.423 e. The van der Waals surface area contributed by atoms with E-state index in [0.717, 1.165) is 27.8 Å². The Morgan fingerprint density at radius 2 is 0.953 bits per heavy atom. The molecule has 0 saturated carbocycles. The van der Waals surface area contributed by atoms with E-state index in [1.807, 2.05) is 72.8 Å². The van der Waals surface area contributed by atoms with Crippen molar-refractivity contribution in [3.63, 3.8) is 0 Å². The normalized spacial score (nSPS) is 11.2. The molecule has 0 N–H and O–H groups in total. The van der Waals surface area contributed by atoms with Gasteiger partial charge in [0.05, 0.1) is 0 Å². The highest BCUT2D eigenvalue weighted by Gasteiger charge is 2.06. The third-order valence-corrected chi connectivity index (χ3v) is 6.19. The molecular formula is C38H31FO4. The summed E-state index contributed by atoms with van der Waals surface area (Å²) in [5, 5.41) is 0. The second-order valence-corrected chi connectivity index (χ2v) is 9.93. The van der Waals surface area contributed by atoms with Gasteiger partial charge in [0.2, 0.25) is 0 Å². The van der Waals surface area contributed by atoms with E-state index in [1.54, 1.807) is 62.4 Å². The zero-order chi connectivity index (χ0) is 30.8. The minimum atomic E-state index is -0.494. The second kappa shape index (κ2) is 14.4. The molecule has 0 radical (unpaired) electrons. The standard InChI is InChI=1S/C38H31FO4/c1-26(2)37(40)42-34-9-5-7-30(23-34)17-15-28-11-13-29(14-12-28)16-18-32-20-22-33(36(39)25-32)21-19-31-8-6-10-35(24-31)43-38(41)27(3)4/h5-25H,1,3H2,2,4H3/b17-15+,18-16+,21-19+. The summed E-state index contributed by atoms with van der Waals surface area (Å²) < 4.78 is 25.4. The Morgan fingerprint density at radius 1 is 0.558 bits per heavy atom. The van der Waals surface area contributed by atoms with Crippen LogP contribution in [0.3, 0.4) is 0 Å². The molecule has 4 rings (SSSR count). The molecule has 4 aromatic rings. The number of ether oxygens (including phenoxy) is 2. The maximum absolute atomic E-state index is 14.8. The Kier molecular flexibility index (Phi) is 10.2. The second-order valence-electron chi connectivity index (χ2n) is 9.93. The summed E-state index contributed by atoms with van der Waals surface area (Å²) in [6.45, 7) is 10.4. The first-order valence-electron chi connectivity index (χ1n) is 13.6. The smallest absolute Gasteiger partial charge is 0.338 e. The van der Waals surface area contributed by atoms with Gasteiger partial charge in [0.15, 0.2) is 0 Å². The van der Waals surface area contributed by atoms with E-state index in [-0.39, 0.29) is 5.82 Å². The van der Waals surface area contributed by atoms with Gasteiger partial charge in [0, 0.05) is 16.7 Å². The van der Waals surface area contributed by atoms with Gasteiger partial charge in [-0.15, -0.1) is 0 Å². The number of halogens is 1. The fourth-order valence-electron chi connectivity index (χ4n) is 3.82. The maximum atomic E-state index is 14.8. The number of carbonyl (C=O) groups excluding carboxylic acids is 2. The van der Waals surface area contributed by atoms with Crippen molar-refractivity contribution in [2.75, 3.05) is 0 Å². The van der Waals surface area contributed by atoms with Crippen LogP contribution in [-0.2, 0) is 9.59 Å². The van der Waals surface area contributed by atoms with E-state index in [9.17, 15) is 14.0 Å². The molecule has 0 heterocycles. The minimum absolute atomic E-state index is 0.311. The Hall–Kier alpha value is -5.55. The minimum Gasteiger partial charge on any atom is -0.423 e. The lowest BCUT2D eigenvalue weighted by molar-refractivity contribution is -0.130. The molecule has 4 aromatic carbocycles. The molecule has 214 valence electrons. The van der Waals surface area contributed by atoms with Crippen molar-refractivity contribution < 1.29 is 23.5 Å². The topological polar surface area (TPSA) is 52.6 Å². The first kappa shape index (κ1) is 30.4. The van der Waals surface area contributed by atoms with Crippen LogP contribution in [0.1, 0.15) is 47.2 Å². The van der Waals surface area contributed by atoms with Gasteiger partial charge in [-0.25, -0.2) is 14.0 Å². The third kappa shape index (κ3) is 9.23. The Balaban J connectivity index is 1.36. The fourth-order valence-corrected chi connectivity index (χ4v) is 3.82. The van der Waals surface area contributed by atoms with Crippen molar-refractivity contribution in [1.82, 2.24) is 0 Å². The number of hydrogen-bond donors (Lipinski definition) is 0. The monoisotopic (exact) mass is 570 g/mol. The van der Waals surface area contributed by atoms with Crippen LogP contribution in [0.5, 0.6) is 11.5 Å². The maximum Gasteiger partial charge on any atom is 0.338 e. The van der Waals surface area contributed by atoms with Crippen molar-refractivity contribution in [3.05, 3.63) is 154 Å². The first-order chi connectivity index (χ1) is 20.7. The lowest BCUT2D eigenvalue weighted by atomic mass is 10.1. The first-order valence-corrected chi connectivity index (χ1v) is 13.6. The summed E-state index contributed by atoms with van der Waals surface area (Å²) in [7, 11) is 0. The molecule has 0 bridgehead atoms. The van der Waals surface area contributed by atoms with E-state index in [4.69, 9.17) is 9.47 Å². The highest BCUT2D eigenvalue weighted by molar-refractivity contribution is 5.89. The van der Waals surface area contributed by atoms with Crippen LogP contribution in [0, 0.1) is 5.82 Å². The molecule has 43 heavy (non-hydrogen) atoms. The molecule has 0 aliphatic rings. The van der Waals surface area contributed by atoms with Gasteiger partial charge in [-0.1, -0.05) is 110 Å². The number of carbonyl (C=O) groups is 2. The fraction of sp³-hybridized carbons (Fsp3) is 0.0526. The average Bonchev–Trinajstić information content (AvgIpc) is 2.99. The molecule has 0 aliphatic heterocycles. The Bertz CT molecular complexity index is 1760. The van der Waals surface area contributed by atoms with Crippen LogP contribution in [0.4, 0.5) is 4.39 Å². The van der Waals surface area contributed by atoms with Gasteiger partial charge in [-0.05, 0) is 72.0 Å². The van der Waals surface area contributed by atoms with Gasteiger partial charge in [0.25, 0.3) is 0 Å². The van der Waals surface area contributed by atoms with E-state index in [2.05, 4.69) is 13.2 Å². The number of rotatable bonds is 10. The summed E-state index contributed by atoms with van der Waals surface area (Å²) >= 11 is 0. The van der Waals surface area contributed by atoms with Crippen molar-refractivity contribution in [3.8, 4) is 11.5 Å². The van der Waals surface area contributed by atoms with E-state index in [0.29, 0.717) is 28.2 Å². The van der Waals surface area contributed by atoms with Crippen LogP contribution in [0.25, 0.3) is 36.5 Å². The molecule has 4 nitrogen and oxygen atoms in total. The molecule has 0 saturated heterocycles. The van der Waals surface area contributed by atoms with Crippen molar-refractivity contribution >= 4 is 48.4 Å². The summed E-state index contributed by atoms with van der Waals surface area (Å²) in [6, 6.07) is 27.2. The molecule has 0 aromatic heterocycles. The Morgan fingerprint density at radius 3 is 1.40 bits per heavy atom. The lowest BCUT2D eigenvalue weighted by Gasteiger charge is -2.04. The van der Waals surface area contributed by atoms with Gasteiger partial charge >= 0.3 is 11.9 Å². The van der Waals surface area contributed by atoms with Gasteiger partial charge in [-0.3, -0.25) is 0 Å². The van der Waals surface area contributed by atoms with Crippen LogP contribution < -0.4 is 9.47 Å². The third-order valence-electron chi connectivity index (χ3n) is 6.19. The van der Waals surface area contributed by atoms with Gasteiger partial charge in [-0.2, -0.15) is 0 Å². The quantitative estimate of drug-likeness (QED) is 0.0825. The van der Waals surface area contributed by atoms with Gasteiger partial charge in [0.1, 0.15) is 17.3 Å². The van der Waals surface area contributed by atoms with Crippen LogP contribution in [-0.4, -0.2) is 11.9 Å². The summed E-state index contributed by atoms with van der Waals surface area (Å²) in [5.41, 5.74) is 5.48. The Labute approximate surface area is 251 Å². The molecule has 0 unspecified atom stereocenters. The zero-order valence-corrected chi connectivity index (χ0v) is 24.0. The van der Waals surface area contributed by atoms with Crippen molar-refractivity contribution in [1.29, 1.82) is 0 Å². The van der Waals surface area contributed by atoms with Crippen LogP contribution in [0.15, 0.2) is 115 Å². The average molecular weight is 571 g/mol. The number of hydrogen-bond acceptors (Lipinski definition) is 4. The van der Waals surface area contributed by atoms with Crippen molar-refractivity contribution in [2.24, 2.45) is 0 Å². The molecule has 0 aliphatic carbocycles. The highest BCUT2D eigenvalue weighted by Crippen LogP contribution is 2.20. The number of esters is 2. The summed E-state index contributed by atoms with van der Waals surface area (Å²) in [5.74, 6) is -0.434. The molecule has 0 fully saturated rings. The SMILES string of the molecule is C=C(C)C(=O)Oc1cccc(/C=C/c2ccc(/C=C/c3ccc(/C=C/c4cccc(OC(=O)C(=C)C)c4)c(F)c3)cc2)c1. The highest BCUT2D eigenvalue weighted by atomic mass is 19.1. The predicted molar refractivity (Wildman–Crippen MR) is 173 cm³/mol. The van der Waals surface area contributed by atoms with Gasteiger partial charge < -0.3 is 9.47 Å². The number of benzene rings is 4. The molecule has 0 spiro atoms. The van der Waals surface area contributed by atoms with Crippen LogP contribution >= 0.6 is 0 Å². The van der Waals surface area contributed by atoms with E-state index in [1.165, 1.54) is 6.07 Å². The molecule has 5 heteroatoms. The molecular weight excluding hydrogens is 539 g/mol. The lowest BCUT2D eigenvalue weighted by Crippen LogP contribution is -2.08. The zero-order valence-electron chi connectivity index (χ0n) is 24.0. The molecule has 0 amide bonds. The molecule has 0 atom stereocenters. The summed E-state index contributed by atoms with van der Waals surface area (Å²) in [6.07, 6.45) is 11.1. The predicted octanol–water partition coefficient (Wildman–Crippen LogP) is 9.30. The summed E-state index contributed by atoms with van der Waals surface area (Å²) in [4.78, 5) is 23.5. The van der Waals surface area contributed by atoms with E-state index < -0.39 is 11.9 Å². The van der Waals surface area contributed by atoms with Crippen LogP contribution in [0.2, 0.25) is 0 Å². The van der Waals surface area contributed by atoms with Crippen molar-refractivity contribution in [2.45, 2.75) is 13.8 Å².